The van der Waals surface area contributed by atoms with E-state index in [4.69, 9.17) is 4.74 Å². The molecular formula is C24H29NO4. The van der Waals surface area contributed by atoms with E-state index in [2.05, 4.69) is 37.3 Å². The van der Waals surface area contributed by atoms with Gasteiger partial charge >= 0.3 is 0 Å². The topological polar surface area (TPSA) is 74.9 Å². The third-order valence-corrected chi connectivity index (χ3v) is 6.01. The summed E-state index contributed by atoms with van der Waals surface area (Å²) in [5.74, 6) is 0. The zero-order chi connectivity index (χ0) is 20.5. The SMILES string of the molecule is CCc1ccc(Cc2cn(C3O[C@H](CC)[C@@H](O)[C@H](O)[C@H]3O)c3ccccc23)cc1. The molecule has 1 saturated heterocycles. The van der Waals surface area contributed by atoms with Crippen molar-refractivity contribution in [3.8, 4) is 0 Å². The molecule has 5 heteroatoms. The number of benzene rings is 2. The minimum atomic E-state index is -1.25. The Morgan fingerprint density at radius 3 is 2.24 bits per heavy atom. The van der Waals surface area contributed by atoms with Gasteiger partial charge in [0.1, 0.15) is 18.3 Å². The van der Waals surface area contributed by atoms with Gasteiger partial charge in [0.25, 0.3) is 0 Å². The van der Waals surface area contributed by atoms with Gasteiger partial charge in [-0.05, 0) is 42.0 Å². The van der Waals surface area contributed by atoms with Crippen LogP contribution in [0.1, 0.15) is 43.2 Å². The van der Waals surface area contributed by atoms with Gasteiger partial charge in [0.15, 0.2) is 6.23 Å². The molecule has 1 aromatic heterocycles. The Hall–Kier alpha value is -2.18. The Bertz CT molecular complexity index is 963. The maximum absolute atomic E-state index is 10.6. The summed E-state index contributed by atoms with van der Waals surface area (Å²) >= 11 is 0. The third-order valence-electron chi connectivity index (χ3n) is 6.01. The third kappa shape index (κ3) is 3.71. The van der Waals surface area contributed by atoms with E-state index < -0.39 is 30.6 Å². The van der Waals surface area contributed by atoms with E-state index in [0.717, 1.165) is 29.3 Å². The molecule has 4 rings (SSSR count). The Labute approximate surface area is 171 Å². The summed E-state index contributed by atoms with van der Waals surface area (Å²) in [7, 11) is 0. The molecule has 3 N–H and O–H groups in total. The van der Waals surface area contributed by atoms with E-state index in [1.54, 1.807) is 0 Å². The van der Waals surface area contributed by atoms with E-state index in [1.807, 2.05) is 35.9 Å². The minimum absolute atomic E-state index is 0.524. The zero-order valence-corrected chi connectivity index (χ0v) is 16.9. The summed E-state index contributed by atoms with van der Waals surface area (Å²) in [6, 6.07) is 16.7. The van der Waals surface area contributed by atoms with Crippen molar-refractivity contribution >= 4 is 10.9 Å². The number of aromatic nitrogens is 1. The molecule has 0 saturated carbocycles. The number of hydrogen-bond donors (Lipinski definition) is 3. The van der Waals surface area contributed by atoms with Crippen LogP contribution in [0, 0.1) is 0 Å². The highest BCUT2D eigenvalue weighted by Gasteiger charge is 2.44. The van der Waals surface area contributed by atoms with Crippen molar-refractivity contribution in [2.45, 2.75) is 63.8 Å². The highest BCUT2D eigenvalue weighted by Crippen LogP contribution is 2.34. The van der Waals surface area contributed by atoms with E-state index >= 15 is 0 Å². The van der Waals surface area contributed by atoms with Crippen LogP contribution in [-0.2, 0) is 17.6 Å². The van der Waals surface area contributed by atoms with Crippen LogP contribution in [0.15, 0.2) is 54.7 Å². The molecule has 5 atom stereocenters. The lowest BCUT2D eigenvalue weighted by Gasteiger charge is -2.41. The molecule has 29 heavy (non-hydrogen) atoms. The second kappa shape index (κ2) is 8.28. The minimum Gasteiger partial charge on any atom is -0.388 e. The first-order valence-electron chi connectivity index (χ1n) is 10.4. The maximum Gasteiger partial charge on any atom is 0.163 e. The van der Waals surface area contributed by atoms with Gasteiger partial charge in [-0.25, -0.2) is 0 Å². The monoisotopic (exact) mass is 395 g/mol. The Morgan fingerprint density at radius 2 is 1.55 bits per heavy atom. The van der Waals surface area contributed by atoms with Crippen LogP contribution in [0.4, 0.5) is 0 Å². The fraction of sp³-hybridized carbons (Fsp3) is 0.417. The molecule has 0 bridgehead atoms. The molecule has 0 spiro atoms. The van der Waals surface area contributed by atoms with Crippen molar-refractivity contribution in [3.63, 3.8) is 0 Å². The van der Waals surface area contributed by atoms with Crippen LogP contribution >= 0.6 is 0 Å². The van der Waals surface area contributed by atoms with Gasteiger partial charge < -0.3 is 24.6 Å². The first-order valence-corrected chi connectivity index (χ1v) is 10.4. The van der Waals surface area contributed by atoms with Crippen LogP contribution in [0.3, 0.4) is 0 Å². The van der Waals surface area contributed by atoms with Gasteiger partial charge in [0.05, 0.1) is 11.6 Å². The number of para-hydroxylation sites is 1. The first kappa shape index (κ1) is 20.1. The molecule has 3 aromatic rings. The standard InChI is InChI=1S/C24H29NO4/c1-3-15-9-11-16(12-10-15)13-17-14-25(19-8-6-5-7-18(17)19)24-23(28)22(27)21(26)20(4-2)29-24/h5-12,14,20-24,26-28H,3-4,13H2,1-2H3/t20-,21-,22+,23-,24?/m1/s1. The van der Waals surface area contributed by atoms with Gasteiger partial charge in [-0.1, -0.05) is 56.3 Å². The molecule has 1 aliphatic rings. The molecule has 2 heterocycles. The zero-order valence-electron chi connectivity index (χ0n) is 16.9. The van der Waals surface area contributed by atoms with Crippen LogP contribution in [0.5, 0.6) is 0 Å². The highest BCUT2D eigenvalue weighted by molar-refractivity contribution is 5.84. The Balaban J connectivity index is 1.72. The largest absolute Gasteiger partial charge is 0.388 e. The lowest BCUT2D eigenvalue weighted by Crippen LogP contribution is -2.55. The second-order valence-corrected chi connectivity index (χ2v) is 7.87. The Morgan fingerprint density at radius 1 is 0.862 bits per heavy atom. The van der Waals surface area contributed by atoms with Gasteiger partial charge in [0, 0.05) is 11.6 Å². The van der Waals surface area contributed by atoms with Crippen molar-refractivity contribution in [2.24, 2.45) is 0 Å². The molecule has 154 valence electrons. The lowest BCUT2D eigenvalue weighted by atomic mass is 9.96. The molecule has 1 fully saturated rings. The van der Waals surface area contributed by atoms with Crippen LogP contribution < -0.4 is 0 Å². The summed E-state index contributed by atoms with van der Waals surface area (Å²) in [6.45, 7) is 4.04. The molecule has 2 aromatic carbocycles. The molecule has 1 aliphatic heterocycles. The molecular weight excluding hydrogens is 366 g/mol. The molecule has 0 radical (unpaired) electrons. The number of fused-ring (bicyclic) bond motifs is 1. The highest BCUT2D eigenvalue weighted by atomic mass is 16.5. The molecule has 1 unspecified atom stereocenters. The van der Waals surface area contributed by atoms with E-state index in [9.17, 15) is 15.3 Å². The number of aliphatic hydroxyl groups excluding tert-OH is 3. The van der Waals surface area contributed by atoms with Crippen LogP contribution in [0.2, 0.25) is 0 Å². The van der Waals surface area contributed by atoms with Gasteiger partial charge in [0.2, 0.25) is 0 Å². The fourth-order valence-corrected chi connectivity index (χ4v) is 4.24. The van der Waals surface area contributed by atoms with E-state index in [-0.39, 0.29) is 0 Å². The smallest absolute Gasteiger partial charge is 0.163 e. The normalized spacial score (nSPS) is 27.4. The maximum atomic E-state index is 10.6. The second-order valence-electron chi connectivity index (χ2n) is 7.87. The average Bonchev–Trinajstić information content (AvgIpc) is 3.11. The van der Waals surface area contributed by atoms with Crippen molar-refractivity contribution in [2.75, 3.05) is 0 Å². The van der Waals surface area contributed by atoms with Crippen molar-refractivity contribution in [1.82, 2.24) is 4.57 Å². The Kier molecular flexibility index (Phi) is 5.74. The predicted octanol–water partition coefficient (Wildman–Crippen LogP) is 3.18. The van der Waals surface area contributed by atoms with Crippen LogP contribution in [-0.4, -0.2) is 44.3 Å². The quantitative estimate of drug-likeness (QED) is 0.620. The van der Waals surface area contributed by atoms with Crippen LogP contribution in [0.25, 0.3) is 10.9 Å². The fourth-order valence-electron chi connectivity index (χ4n) is 4.24. The van der Waals surface area contributed by atoms with E-state index in [1.165, 1.54) is 11.1 Å². The summed E-state index contributed by atoms with van der Waals surface area (Å²) in [4.78, 5) is 0. The van der Waals surface area contributed by atoms with E-state index in [0.29, 0.717) is 6.42 Å². The number of aryl methyl sites for hydroxylation is 1. The summed E-state index contributed by atoms with van der Waals surface area (Å²) in [6.07, 6.45) is -0.481. The average molecular weight is 395 g/mol. The number of hydrogen-bond acceptors (Lipinski definition) is 4. The number of aliphatic hydroxyl groups is 3. The van der Waals surface area contributed by atoms with Crippen molar-refractivity contribution in [3.05, 3.63) is 71.4 Å². The molecule has 0 aliphatic carbocycles. The lowest BCUT2D eigenvalue weighted by molar-refractivity contribution is -0.244. The van der Waals surface area contributed by atoms with Crippen molar-refractivity contribution < 1.29 is 20.1 Å². The van der Waals surface area contributed by atoms with Gasteiger partial charge in [-0.2, -0.15) is 0 Å². The predicted molar refractivity (Wildman–Crippen MR) is 113 cm³/mol. The number of rotatable bonds is 5. The summed E-state index contributed by atoms with van der Waals surface area (Å²) < 4.78 is 7.92. The summed E-state index contributed by atoms with van der Waals surface area (Å²) in [5.41, 5.74) is 4.61. The molecule has 5 nitrogen and oxygen atoms in total. The van der Waals surface area contributed by atoms with Gasteiger partial charge in [-0.15, -0.1) is 0 Å². The molecule has 0 amide bonds. The number of ether oxygens (including phenoxy) is 1. The first-order chi connectivity index (χ1) is 14.0. The summed E-state index contributed by atoms with van der Waals surface area (Å²) in [5, 5.41) is 32.3. The van der Waals surface area contributed by atoms with Gasteiger partial charge in [-0.3, -0.25) is 0 Å². The van der Waals surface area contributed by atoms with Crippen molar-refractivity contribution in [1.29, 1.82) is 0 Å². The number of nitrogens with zero attached hydrogens (tertiary/aromatic N) is 1.